The van der Waals surface area contributed by atoms with Crippen molar-refractivity contribution in [3.63, 3.8) is 0 Å². The second-order valence-electron chi connectivity index (χ2n) is 4.11. The monoisotopic (exact) mass is 294 g/mol. The van der Waals surface area contributed by atoms with Crippen LogP contribution in [0.3, 0.4) is 0 Å². The van der Waals surface area contributed by atoms with E-state index in [0.717, 1.165) is 0 Å². The molecular weight excluding hydrogens is 280 g/mol. The molecule has 106 valence electrons. The Morgan fingerprint density at radius 3 is 2.95 bits per heavy atom. The summed E-state index contributed by atoms with van der Waals surface area (Å²) in [6.45, 7) is 4.23. The van der Waals surface area contributed by atoms with E-state index < -0.39 is 5.97 Å². The minimum absolute atomic E-state index is 0.00522. The molecule has 0 aromatic carbocycles. The zero-order chi connectivity index (χ0) is 14.7. The number of aromatic carboxylic acids is 1. The van der Waals surface area contributed by atoms with Crippen LogP contribution < -0.4 is 10.9 Å². The number of carbonyl (C=O) groups is 1. The molecule has 8 heteroatoms. The molecule has 0 aliphatic heterocycles. The van der Waals surface area contributed by atoms with Crippen molar-refractivity contribution in [1.29, 1.82) is 0 Å². The van der Waals surface area contributed by atoms with Crippen LogP contribution in [0, 0.1) is 0 Å². The minimum atomic E-state index is -1.06. The molecule has 7 nitrogen and oxygen atoms in total. The SMILES string of the molecule is CCn1ccnc(NC(C)c2nc(C(=O)O)cs2)c1=O. The maximum Gasteiger partial charge on any atom is 0.355 e. The van der Waals surface area contributed by atoms with Crippen LogP contribution in [-0.4, -0.2) is 25.6 Å². The van der Waals surface area contributed by atoms with Gasteiger partial charge in [0, 0.05) is 24.3 Å². The summed E-state index contributed by atoms with van der Waals surface area (Å²) in [5.74, 6) is -0.834. The van der Waals surface area contributed by atoms with Crippen LogP contribution in [0.25, 0.3) is 0 Å². The summed E-state index contributed by atoms with van der Waals surface area (Å²) in [7, 11) is 0. The Morgan fingerprint density at radius 2 is 2.35 bits per heavy atom. The number of hydrogen-bond acceptors (Lipinski definition) is 6. The van der Waals surface area contributed by atoms with Gasteiger partial charge in [-0.05, 0) is 13.8 Å². The first-order chi connectivity index (χ1) is 9.52. The number of hydrogen-bond donors (Lipinski definition) is 2. The summed E-state index contributed by atoms with van der Waals surface area (Å²) in [6, 6.07) is -0.291. The van der Waals surface area contributed by atoms with Crippen molar-refractivity contribution < 1.29 is 9.90 Å². The van der Waals surface area contributed by atoms with Gasteiger partial charge in [-0.2, -0.15) is 0 Å². The Bertz CT molecular complexity index is 679. The van der Waals surface area contributed by atoms with Crippen molar-refractivity contribution >= 4 is 23.1 Å². The van der Waals surface area contributed by atoms with Crippen LogP contribution in [0.15, 0.2) is 22.6 Å². The van der Waals surface area contributed by atoms with Gasteiger partial charge in [0.25, 0.3) is 5.56 Å². The van der Waals surface area contributed by atoms with Crippen molar-refractivity contribution in [2.24, 2.45) is 0 Å². The van der Waals surface area contributed by atoms with Crippen LogP contribution >= 0.6 is 11.3 Å². The molecule has 0 saturated heterocycles. The molecular formula is C12H14N4O3S. The number of nitrogens with zero attached hydrogens (tertiary/aromatic N) is 3. The highest BCUT2D eigenvalue weighted by atomic mass is 32.1. The smallest absolute Gasteiger partial charge is 0.355 e. The number of carboxylic acids is 1. The quantitative estimate of drug-likeness (QED) is 0.869. The van der Waals surface area contributed by atoms with Gasteiger partial charge in [0.05, 0.1) is 6.04 Å². The van der Waals surface area contributed by atoms with Gasteiger partial charge in [-0.1, -0.05) is 0 Å². The molecule has 20 heavy (non-hydrogen) atoms. The Labute approximate surface area is 118 Å². The van der Waals surface area contributed by atoms with Gasteiger partial charge in [-0.3, -0.25) is 4.79 Å². The van der Waals surface area contributed by atoms with E-state index in [-0.39, 0.29) is 23.1 Å². The van der Waals surface area contributed by atoms with Crippen LogP contribution in [0.4, 0.5) is 5.82 Å². The van der Waals surface area contributed by atoms with Crippen molar-refractivity contribution in [3.05, 3.63) is 38.8 Å². The second kappa shape index (κ2) is 5.83. The van der Waals surface area contributed by atoms with Gasteiger partial charge in [0.2, 0.25) is 0 Å². The van der Waals surface area contributed by atoms with Crippen LogP contribution in [0.1, 0.15) is 35.4 Å². The Hall–Kier alpha value is -2.22. The zero-order valence-corrected chi connectivity index (χ0v) is 11.8. The largest absolute Gasteiger partial charge is 0.476 e. The average Bonchev–Trinajstić information content (AvgIpc) is 2.91. The Morgan fingerprint density at radius 1 is 1.60 bits per heavy atom. The average molecular weight is 294 g/mol. The van der Waals surface area contributed by atoms with Gasteiger partial charge in [-0.15, -0.1) is 11.3 Å². The van der Waals surface area contributed by atoms with Gasteiger partial charge >= 0.3 is 5.97 Å². The first kappa shape index (κ1) is 14.2. The van der Waals surface area contributed by atoms with E-state index in [1.165, 1.54) is 21.3 Å². The fraction of sp³-hybridized carbons (Fsp3) is 0.333. The summed E-state index contributed by atoms with van der Waals surface area (Å²) in [4.78, 5) is 30.8. The number of anilines is 1. The number of carboxylic acid groups (broad SMARTS) is 1. The maximum absolute atomic E-state index is 12.0. The molecule has 0 fully saturated rings. The molecule has 0 amide bonds. The lowest BCUT2D eigenvalue weighted by molar-refractivity contribution is 0.0691. The molecule has 0 spiro atoms. The molecule has 0 aliphatic rings. The maximum atomic E-state index is 12.0. The van der Waals surface area contributed by atoms with E-state index in [9.17, 15) is 9.59 Å². The molecule has 0 bridgehead atoms. The highest BCUT2D eigenvalue weighted by Crippen LogP contribution is 2.20. The minimum Gasteiger partial charge on any atom is -0.476 e. The molecule has 2 N–H and O–H groups in total. The summed E-state index contributed by atoms with van der Waals surface area (Å²) in [5.41, 5.74) is -0.206. The van der Waals surface area contributed by atoms with E-state index >= 15 is 0 Å². The molecule has 1 atom stereocenters. The van der Waals surface area contributed by atoms with Gasteiger partial charge < -0.3 is 15.0 Å². The molecule has 0 radical (unpaired) electrons. The zero-order valence-electron chi connectivity index (χ0n) is 11.0. The lowest BCUT2D eigenvalue weighted by Gasteiger charge is -2.12. The van der Waals surface area contributed by atoms with E-state index in [0.29, 0.717) is 11.6 Å². The molecule has 0 aliphatic carbocycles. The standard InChI is InChI=1S/C12H14N4O3S/c1-3-16-5-4-13-9(11(16)17)14-7(2)10-15-8(6-20-10)12(18)19/h4-7H,3H2,1-2H3,(H,13,14)(H,18,19). The van der Waals surface area contributed by atoms with Crippen molar-refractivity contribution in [3.8, 4) is 0 Å². The van der Waals surface area contributed by atoms with Crippen molar-refractivity contribution in [1.82, 2.24) is 14.5 Å². The Kier molecular flexibility index (Phi) is 4.14. The third-order valence-corrected chi connectivity index (χ3v) is 3.75. The van der Waals surface area contributed by atoms with E-state index in [1.807, 2.05) is 6.92 Å². The lowest BCUT2D eigenvalue weighted by Crippen LogP contribution is -2.24. The predicted octanol–water partition coefficient (Wildman–Crippen LogP) is 1.59. The number of rotatable bonds is 5. The van der Waals surface area contributed by atoms with Crippen molar-refractivity contribution in [2.75, 3.05) is 5.32 Å². The Balaban J connectivity index is 2.21. The summed E-state index contributed by atoms with van der Waals surface area (Å²) in [6.07, 6.45) is 3.16. The molecule has 2 heterocycles. The second-order valence-corrected chi connectivity index (χ2v) is 5.00. The number of aromatic nitrogens is 3. The normalized spacial score (nSPS) is 12.1. The van der Waals surface area contributed by atoms with Crippen molar-refractivity contribution in [2.45, 2.75) is 26.4 Å². The molecule has 2 aromatic heterocycles. The van der Waals surface area contributed by atoms with Crippen LogP contribution in [0.5, 0.6) is 0 Å². The summed E-state index contributed by atoms with van der Waals surface area (Å²) < 4.78 is 1.53. The van der Waals surface area contributed by atoms with Crippen LogP contribution in [-0.2, 0) is 6.54 Å². The highest BCUT2D eigenvalue weighted by Gasteiger charge is 2.15. The van der Waals surface area contributed by atoms with E-state index in [4.69, 9.17) is 5.11 Å². The van der Waals surface area contributed by atoms with Crippen LogP contribution in [0.2, 0.25) is 0 Å². The van der Waals surface area contributed by atoms with Gasteiger partial charge in [0.1, 0.15) is 5.01 Å². The fourth-order valence-electron chi connectivity index (χ4n) is 1.65. The van der Waals surface area contributed by atoms with Gasteiger partial charge in [0.15, 0.2) is 11.5 Å². The molecule has 0 saturated carbocycles. The number of aryl methyl sites for hydroxylation is 1. The molecule has 1 unspecified atom stereocenters. The lowest BCUT2D eigenvalue weighted by atomic mass is 10.3. The van der Waals surface area contributed by atoms with E-state index in [2.05, 4.69) is 15.3 Å². The summed E-state index contributed by atoms with van der Waals surface area (Å²) >= 11 is 1.23. The molecule has 2 aromatic rings. The first-order valence-electron chi connectivity index (χ1n) is 6.03. The highest BCUT2D eigenvalue weighted by molar-refractivity contribution is 7.09. The predicted molar refractivity (Wildman–Crippen MR) is 75.3 cm³/mol. The third kappa shape index (κ3) is 2.85. The summed E-state index contributed by atoms with van der Waals surface area (Å²) in [5, 5.41) is 13.9. The number of thiazole rings is 1. The third-order valence-electron chi connectivity index (χ3n) is 2.72. The topological polar surface area (TPSA) is 97.1 Å². The fourth-order valence-corrected chi connectivity index (χ4v) is 2.45. The van der Waals surface area contributed by atoms with Gasteiger partial charge in [-0.25, -0.2) is 14.8 Å². The molecule has 2 rings (SSSR count). The first-order valence-corrected chi connectivity index (χ1v) is 6.91. The van der Waals surface area contributed by atoms with E-state index in [1.54, 1.807) is 19.3 Å². The number of nitrogens with one attached hydrogen (secondary N) is 1.